The Kier molecular flexibility index (Phi) is 3.95. The van der Waals surface area contributed by atoms with E-state index in [1.54, 1.807) is 6.20 Å². The van der Waals surface area contributed by atoms with Crippen molar-refractivity contribution in [2.45, 2.75) is 26.1 Å². The van der Waals surface area contributed by atoms with E-state index in [1.807, 2.05) is 42.7 Å². The van der Waals surface area contributed by atoms with Crippen molar-refractivity contribution in [2.75, 3.05) is 0 Å². The van der Waals surface area contributed by atoms with Crippen molar-refractivity contribution in [1.29, 1.82) is 0 Å². The van der Waals surface area contributed by atoms with E-state index in [0.29, 0.717) is 5.56 Å². The Morgan fingerprint density at radius 2 is 1.62 bits per heavy atom. The number of hydrogen-bond donors (Lipinski definition) is 0. The van der Waals surface area contributed by atoms with Crippen molar-refractivity contribution < 1.29 is 18.0 Å². The fourth-order valence-electron chi connectivity index (χ4n) is 2.78. The van der Waals surface area contributed by atoms with Gasteiger partial charge in [0.25, 0.3) is 0 Å². The number of hydrogen-bond acceptors (Lipinski definition) is 1. The van der Waals surface area contributed by atoms with Gasteiger partial charge in [0.05, 0.1) is 5.56 Å². The molecule has 5 heteroatoms. The maximum atomic E-state index is 12.8. The van der Waals surface area contributed by atoms with E-state index in [-0.39, 0.29) is 17.4 Å². The summed E-state index contributed by atoms with van der Waals surface area (Å²) in [5.41, 5.74) is 0.917. The number of aromatic nitrogens is 1. The molecule has 0 atom stereocenters. The molecule has 3 rings (SSSR count). The van der Waals surface area contributed by atoms with E-state index in [4.69, 9.17) is 0 Å². The third kappa shape index (κ3) is 2.82. The highest BCUT2D eigenvalue weighted by Gasteiger charge is 2.30. The lowest BCUT2D eigenvalue weighted by molar-refractivity contribution is -0.137. The lowest BCUT2D eigenvalue weighted by atomic mass is 10.0. The first kappa shape index (κ1) is 16.3. The summed E-state index contributed by atoms with van der Waals surface area (Å²) in [4.78, 5) is 12.8. The summed E-state index contributed by atoms with van der Waals surface area (Å²) < 4.78 is 40.0. The van der Waals surface area contributed by atoms with Crippen LogP contribution in [0.5, 0.6) is 0 Å². The SMILES string of the molecule is CC(C)n1cc(C(=O)c2ccc(C(F)(F)F)cc2)c2ccccc21. The van der Waals surface area contributed by atoms with E-state index in [9.17, 15) is 18.0 Å². The number of nitrogens with zero attached hydrogens (tertiary/aromatic N) is 1. The molecule has 3 aromatic rings. The number of fused-ring (bicyclic) bond motifs is 1. The van der Waals surface area contributed by atoms with Crippen LogP contribution in [-0.4, -0.2) is 10.4 Å². The van der Waals surface area contributed by atoms with Crippen LogP contribution in [0.2, 0.25) is 0 Å². The molecule has 0 unspecified atom stereocenters. The van der Waals surface area contributed by atoms with Gasteiger partial charge in [-0.2, -0.15) is 13.2 Å². The second-order valence-corrected chi connectivity index (χ2v) is 5.97. The van der Waals surface area contributed by atoms with E-state index >= 15 is 0 Å². The molecule has 1 aromatic heterocycles. The zero-order valence-corrected chi connectivity index (χ0v) is 13.3. The first-order valence-corrected chi connectivity index (χ1v) is 7.60. The van der Waals surface area contributed by atoms with Crippen LogP contribution >= 0.6 is 0 Å². The minimum Gasteiger partial charge on any atom is -0.344 e. The molecule has 0 fully saturated rings. The highest BCUT2D eigenvalue weighted by molar-refractivity contribution is 6.16. The highest BCUT2D eigenvalue weighted by Crippen LogP contribution is 2.30. The van der Waals surface area contributed by atoms with Crippen LogP contribution in [0.1, 0.15) is 41.4 Å². The monoisotopic (exact) mass is 331 g/mol. The van der Waals surface area contributed by atoms with Crippen LogP contribution in [0.3, 0.4) is 0 Å². The lowest BCUT2D eigenvalue weighted by Gasteiger charge is -2.08. The van der Waals surface area contributed by atoms with Gasteiger partial charge >= 0.3 is 6.18 Å². The minimum absolute atomic E-state index is 0.170. The van der Waals surface area contributed by atoms with Gasteiger partial charge in [0.2, 0.25) is 0 Å². The summed E-state index contributed by atoms with van der Waals surface area (Å²) in [6.45, 7) is 4.03. The van der Waals surface area contributed by atoms with Gasteiger partial charge in [-0.05, 0) is 32.0 Å². The second kappa shape index (κ2) is 5.82. The molecule has 2 aromatic carbocycles. The van der Waals surface area contributed by atoms with Gasteiger partial charge in [-0.1, -0.05) is 30.3 Å². The molecular weight excluding hydrogens is 315 g/mol. The average molecular weight is 331 g/mol. The smallest absolute Gasteiger partial charge is 0.344 e. The van der Waals surface area contributed by atoms with Crippen LogP contribution in [-0.2, 0) is 6.18 Å². The molecule has 0 N–H and O–H groups in total. The molecule has 0 aliphatic heterocycles. The normalized spacial score (nSPS) is 12.1. The Hall–Kier alpha value is -2.56. The molecule has 124 valence electrons. The molecule has 0 saturated heterocycles. The summed E-state index contributed by atoms with van der Waals surface area (Å²) >= 11 is 0. The Morgan fingerprint density at radius 3 is 2.21 bits per heavy atom. The molecule has 0 saturated carbocycles. The highest BCUT2D eigenvalue weighted by atomic mass is 19.4. The van der Waals surface area contributed by atoms with E-state index in [2.05, 4.69) is 0 Å². The van der Waals surface area contributed by atoms with Crippen molar-refractivity contribution in [3.63, 3.8) is 0 Å². The number of rotatable bonds is 3. The third-order valence-corrected chi connectivity index (χ3v) is 4.02. The number of para-hydroxylation sites is 1. The predicted molar refractivity (Wildman–Crippen MR) is 87.2 cm³/mol. The van der Waals surface area contributed by atoms with Gasteiger partial charge in [0, 0.05) is 34.3 Å². The Bertz CT molecular complexity index is 889. The molecule has 0 aliphatic rings. The van der Waals surface area contributed by atoms with E-state index in [0.717, 1.165) is 23.0 Å². The van der Waals surface area contributed by atoms with Gasteiger partial charge in [-0.25, -0.2) is 0 Å². The summed E-state index contributed by atoms with van der Waals surface area (Å²) in [7, 11) is 0. The number of carbonyl (C=O) groups is 1. The van der Waals surface area contributed by atoms with Crippen molar-refractivity contribution in [1.82, 2.24) is 4.57 Å². The standard InChI is InChI=1S/C19H16F3NO/c1-12(2)23-11-16(15-5-3-4-6-17(15)23)18(24)13-7-9-14(10-8-13)19(20,21)22/h3-12H,1-2H3. The van der Waals surface area contributed by atoms with Gasteiger partial charge in [0.1, 0.15) is 0 Å². The van der Waals surface area contributed by atoms with Crippen LogP contribution in [0.4, 0.5) is 13.2 Å². The Morgan fingerprint density at radius 1 is 1.00 bits per heavy atom. The molecule has 0 amide bonds. The lowest BCUT2D eigenvalue weighted by Crippen LogP contribution is -2.06. The number of alkyl halides is 3. The van der Waals surface area contributed by atoms with Crippen LogP contribution in [0.25, 0.3) is 10.9 Å². The summed E-state index contributed by atoms with van der Waals surface area (Å²) in [5.74, 6) is -0.278. The molecule has 0 radical (unpaired) electrons. The minimum atomic E-state index is -4.41. The second-order valence-electron chi connectivity index (χ2n) is 5.97. The van der Waals surface area contributed by atoms with Crippen molar-refractivity contribution in [3.8, 4) is 0 Å². The summed E-state index contributed by atoms with van der Waals surface area (Å²) in [5, 5.41) is 0.802. The van der Waals surface area contributed by atoms with Crippen LogP contribution in [0, 0.1) is 0 Å². The fourth-order valence-corrected chi connectivity index (χ4v) is 2.78. The van der Waals surface area contributed by atoms with Crippen molar-refractivity contribution in [3.05, 3.63) is 71.4 Å². The van der Waals surface area contributed by atoms with Gasteiger partial charge < -0.3 is 4.57 Å². The average Bonchev–Trinajstić information content (AvgIpc) is 2.93. The van der Waals surface area contributed by atoms with Crippen LogP contribution in [0.15, 0.2) is 54.7 Å². The number of carbonyl (C=O) groups excluding carboxylic acids is 1. The number of ketones is 1. The molecule has 2 nitrogen and oxygen atoms in total. The predicted octanol–water partition coefficient (Wildman–Crippen LogP) is 5.47. The topological polar surface area (TPSA) is 22.0 Å². The molecule has 24 heavy (non-hydrogen) atoms. The Labute approximate surface area is 137 Å². The molecule has 0 spiro atoms. The van der Waals surface area contributed by atoms with Crippen molar-refractivity contribution >= 4 is 16.7 Å². The molecular formula is C19H16F3NO. The number of halogens is 3. The molecule has 1 heterocycles. The maximum absolute atomic E-state index is 12.8. The van der Waals surface area contributed by atoms with Crippen LogP contribution < -0.4 is 0 Å². The Balaban J connectivity index is 2.06. The van der Waals surface area contributed by atoms with E-state index in [1.165, 1.54) is 12.1 Å². The first-order valence-electron chi connectivity index (χ1n) is 7.60. The first-order chi connectivity index (χ1) is 11.3. The van der Waals surface area contributed by atoms with Gasteiger partial charge in [0.15, 0.2) is 5.78 Å². The fraction of sp³-hybridized carbons (Fsp3) is 0.211. The third-order valence-electron chi connectivity index (χ3n) is 4.02. The van der Waals surface area contributed by atoms with Gasteiger partial charge in [-0.15, -0.1) is 0 Å². The maximum Gasteiger partial charge on any atom is 0.416 e. The largest absolute Gasteiger partial charge is 0.416 e. The van der Waals surface area contributed by atoms with E-state index < -0.39 is 11.7 Å². The summed E-state index contributed by atoms with van der Waals surface area (Å²) in [6, 6.07) is 12.0. The van der Waals surface area contributed by atoms with Gasteiger partial charge in [-0.3, -0.25) is 4.79 Å². The molecule has 0 bridgehead atoms. The summed E-state index contributed by atoms with van der Waals surface area (Å²) in [6.07, 6.45) is -2.63. The quantitative estimate of drug-likeness (QED) is 0.583. The zero-order chi connectivity index (χ0) is 17.5. The molecule has 0 aliphatic carbocycles. The van der Waals surface area contributed by atoms with Crippen molar-refractivity contribution in [2.24, 2.45) is 0 Å². The number of benzene rings is 2. The zero-order valence-electron chi connectivity index (χ0n) is 13.3.